The molecule has 3 aromatic rings. The van der Waals surface area contributed by atoms with Crippen molar-refractivity contribution in [2.75, 3.05) is 13.7 Å². The van der Waals surface area contributed by atoms with Gasteiger partial charge in [0.25, 0.3) is 0 Å². The summed E-state index contributed by atoms with van der Waals surface area (Å²) in [4.78, 5) is 14.9. The summed E-state index contributed by atoms with van der Waals surface area (Å²) in [5.74, 6) is 0.00953. The van der Waals surface area contributed by atoms with E-state index in [0.717, 1.165) is 13.4 Å². The Bertz CT molecular complexity index is 1100. The fraction of sp³-hybridized carbons (Fsp3) is 0.118. The first-order chi connectivity index (χ1) is 13.3. The van der Waals surface area contributed by atoms with Crippen molar-refractivity contribution in [2.24, 2.45) is 10.2 Å². The molecule has 0 spiro atoms. The Labute approximate surface area is 193 Å². The average molecular weight is 641 g/mol. The van der Waals surface area contributed by atoms with Gasteiger partial charge in [0.05, 0.1) is 17.1 Å². The number of hydrogen-bond acceptors (Lipinski definition) is 5. The van der Waals surface area contributed by atoms with E-state index in [1.54, 1.807) is 18.2 Å². The molecule has 0 radical (unpaired) electrons. The summed E-state index contributed by atoms with van der Waals surface area (Å²) in [6.07, 6.45) is 0. The zero-order valence-corrected chi connectivity index (χ0v) is 20.4. The molecule has 2 N–H and O–H groups in total. The lowest BCUT2D eigenvalue weighted by atomic mass is 10.2. The molecule has 0 aliphatic rings. The maximum Gasteiger partial charge on any atom is 0.302 e. The summed E-state index contributed by atoms with van der Waals surface area (Å²) in [6.45, 7) is -0.351. The maximum absolute atomic E-state index is 12.1. The van der Waals surface area contributed by atoms with Gasteiger partial charge in [-0.25, -0.2) is 0 Å². The van der Waals surface area contributed by atoms with Gasteiger partial charge in [0, 0.05) is 18.8 Å². The van der Waals surface area contributed by atoms with Crippen LogP contribution in [0.5, 0.6) is 17.4 Å². The minimum atomic E-state index is -0.625. The monoisotopic (exact) mass is 637 g/mol. The van der Waals surface area contributed by atoms with E-state index in [-0.39, 0.29) is 18.2 Å². The molecule has 28 heavy (non-hydrogen) atoms. The third kappa shape index (κ3) is 4.58. The Kier molecular flexibility index (Phi) is 6.79. The number of rotatable bonds is 5. The van der Waals surface area contributed by atoms with Crippen molar-refractivity contribution < 1.29 is 19.4 Å². The molecular formula is C17H11Br4N3O4. The van der Waals surface area contributed by atoms with E-state index < -0.39 is 5.91 Å². The summed E-state index contributed by atoms with van der Waals surface area (Å²) in [5.41, 5.74) is 0.801. The third-order valence-electron chi connectivity index (χ3n) is 3.57. The number of nitrogens with one attached hydrogen (secondary N) is 1. The number of hydrogen-bond donors (Lipinski definition) is 2. The standard InChI is InChI=1S/C17H11Br4N3O4/c1-27-12-5-8(19)4-11(21)16(12)28-6-13(25)23-24-15-9-2-7(18)3-10(20)14(9)22-17(15)26/h2-5,22,26H,6H2,1H3. The molecule has 0 aliphatic heterocycles. The number of aromatic nitrogens is 1. The van der Waals surface area contributed by atoms with Gasteiger partial charge >= 0.3 is 5.91 Å². The number of benzene rings is 2. The average Bonchev–Trinajstić information content (AvgIpc) is 2.94. The van der Waals surface area contributed by atoms with Crippen molar-refractivity contribution in [3.8, 4) is 17.4 Å². The largest absolute Gasteiger partial charge is 0.493 e. The smallest absolute Gasteiger partial charge is 0.302 e. The molecule has 7 nitrogen and oxygen atoms in total. The molecule has 146 valence electrons. The molecule has 1 amide bonds. The van der Waals surface area contributed by atoms with Gasteiger partial charge in [0.2, 0.25) is 5.88 Å². The molecule has 11 heteroatoms. The number of amides is 1. The van der Waals surface area contributed by atoms with E-state index in [9.17, 15) is 9.90 Å². The van der Waals surface area contributed by atoms with Crippen LogP contribution in [-0.4, -0.2) is 29.7 Å². The number of nitrogens with zero attached hydrogens (tertiary/aromatic N) is 2. The zero-order valence-electron chi connectivity index (χ0n) is 14.1. The molecule has 0 fully saturated rings. The molecule has 1 aromatic heterocycles. The van der Waals surface area contributed by atoms with E-state index in [4.69, 9.17) is 9.47 Å². The topological polar surface area (TPSA) is 96.3 Å². The van der Waals surface area contributed by atoms with Gasteiger partial charge in [-0.3, -0.25) is 4.79 Å². The number of carbonyl (C=O) groups excluding carboxylic acids is 1. The lowest BCUT2D eigenvalue weighted by Crippen LogP contribution is -2.09. The lowest BCUT2D eigenvalue weighted by Gasteiger charge is -2.11. The maximum atomic E-state index is 12.1. The number of halogens is 4. The summed E-state index contributed by atoms with van der Waals surface area (Å²) >= 11 is 13.5. The van der Waals surface area contributed by atoms with Crippen LogP contribution < -0.4 is 9.47 Å². The Morgan fingerprint density at radius 1 is 1.11 bits per heavy atom. The second-order valence-corrected chi connectivity index (χ2v) is 8.97. The van der Waals surface area contributed by atoms with Crippen LogP contribution in [0.15, 0.2) is 52.4 Å². The van der Waals surface area contributed by atoms with Crippen LogP contribution in [0.1, 0.15) is 0 Å². The van der Waals surface area contributed by atoms with Gasteiger partial charge in [-0.2, -0.15) is 0 Å². The van der Waals surface area contributed by atoms with Crippen molar-refractivity contribution in [2.45, 2.75) is 0 Å². The van der Waals surface area contributed by atoms with E-state index in [2.05, 4.69) is 78.9 Å². The number of carbonyl (C=O) groups is 1. The zero-order chi connectivity index (χ0) is 20.4. The number of azo groups is 1. The van der Waals surface area contributed by atoms with Crippen LogP contribution in [0, 0.1) is 0 Å². The highest BCUT2D eigenvalue weighted by molar-refractivity contribution is 9.11. The second kappa shape index (κ2) is 8.93. The number of H-pyrrole nitrogens is 1. The highest BCUT2D eigenvalue weighted by atomic mass is 79.9. The van der Waals surface area contributed by atoms with E-state index in [1.807, 2.05) is 6.07 Å². The Balaban J connectivity index is 1.79. The van der Waals surface area contributed by atoms with Crippen LogP contribution >= 0.6 is 63.7 Å². The predicted molar refractivity (Wildman–Crippen MR) is 119 cm³/mol. The molecular weight excluding hydrogens is 630 g/mol. The van der Waals surface area contributed by atoms with Crippen LogP contribution in [0.4, 0.5) is 5.69 Å². The molecule has 3 rings (SSSR count). The molecule has 0 aliphatic carbocycles. The number of ether oxygens (including phenoxy) is 2. The van der Waals surface area contributed by atoms with Gasteiger partial charge in [-0.15, -0.1) is 10.2 Å². The highest BCUT2D eigenvalue weighted by Crippen LogP contribution is 2.40. The number of aromatic amines is 1. The van der Waals surface area contributed by atoms with Crippen molar-refractivity contribution in [3.05, 3.63) is 42.2 Å². The lowest BCUT2D eigenvalue weighted by molar-refractivity contribution is -0.120. The fourth-order valence-corrected chi connectivity index (χ4v) is 5.02. The first-order valence-corrected chi connectivity index (χ1v) is 10.8. The van der Waals surface area contributed by atoms with Crippen molar-refractivity contribution in [1.29, 1.82) is 0 Å². The quantitative estimate of drug-likeness (QED) is 0.307. The van der Waals surface area contributed by atoms with Crippen molar-refractivity contribution in [3.63, 3.8) is 0 Å². The molecule has 1 heterocycles. The Hall–Kier alpha value is -1.43. The molecule has 0 saturated carbocycles. The molecule has 0 bridgehead atoms. The summed E-state index contributed by atoms with van der Waals surface area (Å²) in [7, 11) is 1.50. The Morgan fingerprint density at radius 3 is 2.50 bits per heavy atom. The van der Waals surface area contributed by atoms with Crippen molar-refractivity contribution >= 4 is 86.2 Å². The normalized spacial score (nSPS) is 11.3. The fourth-order valence-electron chi connectivity index (χ4n) is 2.39. The van der Waals surface area contributed by atoms with Gasteiger partial charge in [-0.1, -0.05) is 31.9 Å². The Morgan fingerprint density at radius 2 is 1.79 bits per heavy atom. The molecule has 0 unspecified atom stereocenters. The van der Waals surface area contributed by atoms with Crippen molar-refractivity contribution in [1.82, 2.24) is 4.98 Å². The van der Waals surface area contributed by atoms with Crippen LogP contribution in [0.25, 0.3) is 10.9 Å². The molecule has 0 atom stereocenters. The van der Waals surface area contributed by atoms with E-state index in [0.29, 0.717) is 26.9 Å². The summed E-state index contributed by atoms with van der Waals surface area (Å²) < 4.78 is 13.7. The van der Waals surface area contributed by atoms with Crippen LogP contribution in [0.2, 0.25) is 0 Å². The second-order valence-electron chi connectivity index (χ2n) is 5.43. The molecule has 0 saturated heterocycles. The van der Waals surface area contributed by atoms with E-state index in [1.165, 1.54) is 7.11 Å². The van der Waals surface area contributed by atoms with Gasteiger partial charge in [0.15, 0.2) is 23.8 Å². The van der Waals surface area contributed by atoms with E-state index >= 15 is 0 Å². The first kappa shape index (κ1) is 21.3. The number of aromatic hydroxyl groups is 1. The van der Waals surface area contributed by atoms with Gasteiger partial charge in [0.1, 0.15) is 0 Å². The minimum Gasteiger partial charge on any atom is -0.493 e. The summed E-state index contributed by atoms with van der Waals surface area (Å²) in [5, 5.41) is 18.2. The van der Waals surface area contributed by atoms with Crippen LogP contribution in [-0.2, 0) is 4.79 Å². The molecule has 2 aromatic carbocycles. The minimum absolute atomic E-state index is 0.160. The highest BCUT2D eigenvalue weighted by Gasteiger charge is 2.15. The summed E-state index contributed by atoms with van der Waals surface area (Å²) in [6, 6.07) is 7.06. The predicted octanol–water partition coefficient (Wildman–Crippen LogP) is 6.62. The number of methoxy groups -OCH3 is 1. The van der Waals surface area contributed by atoms with Crippen LogP contribution in [0.3, 0.4) is 0 Å². The first-order valence-electron chi connectivity index (χ1n) is 7.60. The van der Waals surface area contributed by atoms with Gasteiger partial charge in [-0.05, 0) is 56.1 Å². The number of fused-ring (bicyclic) bond motifs is 1. The third-order valence-corrected chi connectivity index (χ3v) is 5.70. The van der Waals surface area contributed by atoms with Gasteiger partial charge < -0.3 is 19.6 Å². The SMILES string of the molecule is COc1cc(Br)cc(Br)c1OCC(=O)N=Nc1c(O)[nH]c2c(Br)cc(Br)cc12.